The first-order valence-electron chi connectivity index (χ1n) is 21.0. The molecule has 0 bridgehead atoms. The Hall–Kier alpha value is -4.89. The fourth-order valence-electron chi connectivity index (χ4n) is 9.21. The van der Waals surface area contributed by atoms with Crippen LogP contribution in [0.1, 0.15) is 64.5 Å². The highest BCUT2D eigenvalue weighted by Gasteiger charge is 2.46. The number of carbonyl (C=O) groups is 1. The van der Waals surface area contributed by atoms with Gasteiger partial charge in [-0.3, -0.25) is 23.0 Å². The van der Waals surface area contributed by atoms with Crippen LogP contribution in [0.5, 0.6) is 0 Å². The van der Waals surface area contributed by atoms with Gasteiger partial charge in [-0.2, -0.15) is 38.2 Å². The molecule has 2 aliphatic heterocycles. The van der Waals surface area contributed by atoms with Crippen molar-refractivity contribution in [1.29, 1.82) is 0 Å². The summed E-state index contributed by atoms with van der Waals surface area (Å²) in [6.45, 7) is 7.48. The van der Waals surface area contributed by atoms with Gasteiger partial charge in [0, 0.05) is 78.3 Å². The first-order chi connectivity index (χ1) is 31.3. The van der Waals surface area contributed by atoms with E-state index in [-0.39, 0.29) is 61.0 Å². The molecule has 2 aliphatic rings. The highest BCUT2D eigenvalue weighted by molar-refractivity contribution is 7.89. The third kappa shape index (κ3) is 10.8. The zero-order chi connectivity index (χ0) is 50.6. The second kappa shape index (κ2) is 18.8. The number of benzene rings is 4. The fraction of sp³-hybridized carbons (Fsp3) is 0.364. The largest absolute Gasteiger partial charge is 0.481 e. The lowest BCUT2D eigenvalue weighted by molar-refractivity contribution is -0.437. The maximum Gasteiger partial charge on any atom is 0.303 e. The minimum absolute atomic E-state index is 0.0130. The Kier molecular flexibility index (Phi) is 14.5. The van der Waals surface area contributed by atoms with Crippen molar-refractivity contribution in [3.05, 3.63) is 102 Å². The molecule has 6 rings (SSSR count). The van der Waals surface area contributed by atoms with Gasteiger partial charge in [-0.15, -0.1) is 0 Å². The molecule has 368 valence electrons. The summed E-state index contributed by atoms with van der Waals surface area (Å²) >= 11 is 0. The lowest BCUT2D eigenvalue weighted by Crippen LogP contribution is -2.28. The number of sulfonamides is 1. The van der Waals surface area contributed by atoms with Gasteiger partial charge in [0.2, 0.25) is 15.7 Å². The third-order valence-corrected chi connectivity index (χ3v) is 17.4. The molecule has 0 fully saturated rings. The average molecular weight is 1040 g/mol. The Morgan fingerprint density at radius 1 is 0.691 bits per heavy atom. The lowest BCUT2D eigenvalue weighted by atomic mass is 9.79. The zero-order valence-electron chi connectivity index (χ0n) is 37.6. The number of anilines is 1. The van der Waals surface area contributed by atoms with E-state index in [9.17, 15) is 65.1 Å². The maximum absolute atomic E-state index is 13.9. The van der Waals surface area contributed by atoms with Gasteiger partial charge in [-0.05, 0) is 79.4 Å². The van der Waals surface area contributed by atoms with Gasteiger partial charge < -0.3 is 10.0 Å². The highest BCUT2D eigenvalue weighted by atomic mass is 32.2. The molecule has 4 aromatic rings. The van der Waals surface area contributed by atoms with Crippen LogP contribution in [-0.2, 0) is 66.1 Å². The monoisotopic (exact) mass is 1040 g/mol. The Labute approximate surface area is 395 Å². The van der Waals surface area contributed by atoms with E-state index in [1.165, 1.54) is 25.2 Å². The van der Waals surface area contributed by atoms with E-state index in [0.717, 1.165) is 15.9 Å². The average Bonchev–Trinajstić information content (AvgIpc) is 3.56. The van der Waals surface area contributed by atoms with Crippen molar-refractivity contribution in [3.63, 3.8) is 0 Å². The first kappa shape index (κ1) is 52.5. The summed E-state index contributed by atoms with van der Waals surface area (Å²) in [6, 6.07) is 12.9. The fourth-order valence-corrected chi connectivity index (χ4v) is 12.9. The Balaban J connectivity index is 1.44. The number of fused-ring (bicyclic) bond motifs is 6. The van der Waals surface area contributed by atoms with Crippen LogP contribution in [0.4, 0.5) is 11.4 Å². The number of carboxylic acids is 1. The van der Waals surface area contributed by atoms with Crippen LogP contribution >= 0.6 is 0 Å². The van der Waals surface area contributed by atoms with Crippen molar-refractivity contribution in [2.45, 2.75) is 78.9 Å². The van der Waals surface area contributed by atoms with E-state index in [1.807, 2.05) is 18.7 Å². The summed E-state index contributed by atoms with van der Waals surface area (Å²) in [4.78, 5) is 11.5. The van der Waals surface area contributed by atoms with Crippen LogP contribution < -0.4 is 4.90 Å². The molecule has 24 heteroatoms. The van der Waals surface area contributed by atoms with Crippen molar-refractivity contribution < 1.29 is 74.8 Å². The molecule has 0 unspecified atom stereocenters. The number of hydrogen-bond acceptors (Lipinski definition) is 12. The maximum atomic E-state index is 13.9. The van der Waals surface area contributed by atoms with Crippen LogP contribution in [0.3, 0.4) is 0 Å². The first-order valence-corrected chi connectivity index (χ1v) is 28.5. The number of carboxylic acid groups (broad SMARTS) is 1. The minimum Gasteiger partial charge on any atom is -0.481 e. The van der Waals surface area contributed by atoms with Crippen LogP contribution in [-0.4, -0.2) is 124 Å². The number of allylic oxidation sites excluding steroid dienone is 6. The molecule has 0 radical (unpaired) electrons. The summed E-state index contributed by atoms with van der Waals surface area (Å²) in [7, 11) is -21.4. The summed E-state index contributed by atoms with van der Waals surface area (Å²) in [6.07, 6.45) is 8.41. The molecule has 0 saturated carbocycles. The lowest BCUT2D eigenvalue weighted by Gasteiger charge is -2.27. The Morgan fingerprint density at radius 2 is 1.32 bits per heavy atom. The topological polar surface area (TPSA) is 298 Å². The van der Waals surface area contributed by atoms with Gasteiger partial charge in [-0.25, -0.2) is 12.7 Å². The molecule has 0 saturated heterocycles. The molecule has 0 spiro atoms. The van der Waals surface area contributed by atoms with Crippen LogP contribution in [0.2, 0.25) is 0 Å². The van der Waals surface area contributed by atoms with Gasteiger partial charge in [0.1, 0.15) is 11.4 Å². The SMILES string of the molecule is CN(CCCC(=O)O)S(=O)(=O)c1cccc2c3c(ccc12)N(CCCS(=O)(=O)O)/C(=C/C=C/C=C/C1=[N+](CCCS(=O)(=O)O)c2ccc4c(S(=O)(=O)O)cc(S(=O)(=O)O)cc4c2C1(C)C)C3(C)C. The van der Waals surface area contributed by atoms with Gasteiger partial charge in [0.15, 0.2) is 5.71 Å². The highest BCUT2D eigenvalue weighted by Crippen LogP contribution is 2.52. The number of aliphatic carboxylic acids is 1. The quantitative estimate of drug-likeness (QED) is 0.0427. The summed E-state index contributed by atoms with van der Waals surface area (Å²) in [5.41, 5.74) is 1.52. The molecule has 4 aromatic carbocycles. The summed E-state index contributed by atoms with van der Waals surface area (Å²) in [5, 5.41) is 10.1. The molecule has 19 nitrogen and oxygen atoms in total. The Morgan fingerprint density at radius 3 is 1.94 bits per heavy atom. The van der Waals surface area contributed by atoms with Crippen molar-refractivity contribution in [2.75, 3.05) is 43.1 Å². The number of hydrogen-bond donors (Lipinski definition) is 5. The standard InChI is InChI=1S/C44H51N3O16S5/c1-43(2)38(46(23-11-25-64(50,51)52)34-20-18-30-32(41(34)43)13-9-14-36(30)66(56,57)45(5)22-10-17-40(48)49)15-7-6-8-16-39-44(3,4)42-33-27-29(67(58,59)60)28-37(68(61,62)63)31(33)19-21-35(42)47(39)24-12-26-65(53,54)55/h6-9,13-16,18-21,27-28H,10-12,17,22-26H2,1-5H3,(H4-,48,49,50,51,52,53,54,55,58,59,60,61,62,63)/p+1. The van der Waals surface area contributed by atoms with Crippen molar-refractivity contribution in [2.24, 2.45) is 0 Å². The van der Waals surface area contributed by atoms with E-state index in [1.54, 1.807) is 73.1 Å². The normalized spacial score (nSPS) is 17.1. The molecule has 0 amide bonds. The van der Waals surface area contributed by atoms with E-state index < -0.39 is 88.6 Å². The summed E-state index contributed by atoms with van der Waals surface area (Å²) < 4.78 is 167. The second-order valence-electron chi connectivity index (χ2n) is 17.6. The third-order valence-electron chi connectivity index (χ3n) is 12.2. The van der Waals surface area contributed by atoms with E-state index in [2.05, 4.69) is 0 Å². The molecular weight excluding hydrogens is 987 g/mol. The van der Waals surface area contributed by atoms with Gasteiger partial charge in [-0.1, -0.05) is 50.3 Å². The molecule has 68 heavy (non-hydrogen) atoms. The molecule has 2 heterocycles. The smallest absolute Gasteiger partial charge is 0.303 e. The van der Waals surface area contributed by atoms with E-state index in [4.69, 9.17) is 5.11 Å². The summed E-state index contributed by atoms with van der Waals surface area (Å²) in [5.74, 6) is -2.18. The molecule has 0 aromatic heterocycles. The zero-order valence-corrected chi connectivity index (χ0v) is 41.6. The predicted octanol–water partition coefficient (Wildman–Crippen LogP) is 5.70. The minimum atomic E-state index is -5.02. The van der Waals surface area contributed by atoms with E-state index >= 15 is 0 Å². The number of rotatable bonds is 19. The Bertz CT molecular complexity index is 3450. The molecular formula is C44H52N3O16S5+. The van der Waals surface area contributed by atoms with E-state index in [0.29, 0.717) is 45.2 Å². The van der Waals surface area contributed by atoms with Crippen LogP contribution in [0, 0.1) is 0 Å². The molecule has 0 aliphatic carbocycles. The predicted molar refractivity (Wildman–Crippen MR) is 256 cm³/mol. The van der Waals surface area contributed by atoms with Gasteiger partial charge in [0.25, 0.3) is 40.5 Å². The second-order valence-corrected chi connectivity index (χ2v) is 25.5. The number of nitrogens with zero attached hydrogens (tertiary/aromatic N) is 3. The van der Waals surface area contributed by atoms with Crippen molar-refractivity contribution in [1.82, 2.24) is 4.31 Å². The molecule has 0 atom stereocenters. The van der Waals surface area contributed by atoms with Crippen molar-refractivity contribution in [3.8, 4) is 0 Å². The van der Waals surface area contributed by atoms with Gasteiger partial charge in [0.05, 0.1) is 26.7 Å². The van der Waals surface area contributed by atoms with Crippen LogP contribution in [0.15, 0.2) is 105 Å². The van der Waals surface area contributed by atoms with Crippen LogP contribution in [0.25, 0.3) is 21.5 Å². The van der Waals surface area contributed by atoms with Crippen molar-refractivity contribution >= 4 is 95.1 Å². The molecule has 5 N–H and O–H groups in total. The van der Waals surface area contributed by atoms with Gasteiger partial charge >= 0.3 is 5.97 Å².